The van der Waals surface area contributed by atoms with Gasteiger partial charge >= 0.3 is 0 Å². The summed E-state index contributed by atoms with van der Waals surface area (Å²) in [5.41, 5.74) is 8.33. The maximum atomic E-state index is 6.66. The smallest absolute Gasteiger partial charge is 0.124 e. The molecule has 0 heterocycles. The molecule has 106 valence electrons. The minimum absolute atomic E-state index is 0.488. The Morgan fingerprint density at radius 1 is 1.15 bits per heavy atom. The molecule has 20 heavy (non-hydrogen) atoms. The Bertz CT molecular complexity index is 570. The molecule has 2 N–H and O–H groups in total. The quantitative estimate of drug-likeness (QED) is 0.897. The fraction of sp³-hybridized carbons (Fsp3) is 0.294. The number of ether oxygens (including phenoxy) is 1. The summed E-state index contributed by atoms with van der Waals surface area (Å²) in [5, 5.41) is 0.678. The second-order valence-corrected chi connectivity index (χ2v) is 5.45. The van der Waals surface area contributed by atoms with E-state index in [2.05, 4.69) is 19.1 Å². The molecule has 2 nitrogen and oxygen atoms in total. The SMILES string of the molecule is CCC(N)(Cc1ccccc1)c1cc(Cl)ccc1OC. The van der Waals surface area contributed by atoms with Gasteiger partial charge in [0.1, 0.15) is 5.75 Å². The molecule has 0 aliphatic carbocycles. The summed E-state index contributed by atoms with van der Waals surface area (Å²) in [6.45, 7) is 2.09. The maximum Gasteiger partial charge on any atom is 0.124 e. The molecule has 0 saturated carbocycles. The fourth-order valence-corrected chi connectivity index (χ4v) is 2.61. The van der Waals surface area contributed by atoms with Crippen LogP contribution in [0.25, 0.3) is 0 Å². The van der Waals surface area contributed by atoms with Crippen molar-refractivity contribution in [3.63, 3.8) is 0 Å². The van der Waals surface area contributed by atoms with Crippen LogP contribution < -0.4 is 10.5 Å². The lowest BCUT2D eigenvalue weighted by atomic mass is 9.82. The highest BCUT2D eigenvalue weighted by molar-refractivity contribution is 6.30. The summed E-state index contributed by atoms with van der Waals surface area (Å²) in [7, 11) is 1.66. The monoisotopic (exact) mass is 289 g/mol. The predicted octanol–water partition coefficient (Wildman–Crippen LogP) is 4.16. The van der Waals surface area contributed by atoms with Crippen LogP contribution in [0.4, 0.5) is 0 Å². The third-order valence-electron chi connectivity index (χ3n) is 3.69. The lowest BCUT2D eigenvalue weighted by molar-refractivity contribution is 0.367. The van der Waals surface area contributed by atoms with E-state index in [0.29, 0.717) is 5.02 Å². The van der Waals surface area contributed by atoms with E-state index in [1.807, 2.05) is 36.4 Å². The second kappa shape index (κ2) is 6.29. The van der Waals surface area contributed by atoms with Gasteiger partial charge in [0.2, 0.25) is 0 Å². The van der Waals surface area contributed by atoms with Gasteiger partial charge in [-0.15, -0.1) is 0 Å². The minimum atomic E-state index is -0.488. The molecule has 0 amide bonds. The van der Waals surface area contributed by atoms with Crippen molar-refractivity contribution in [1.82, 2.24) is 0 Å². The maximum absolute atomic E-state index is 6.66. The Morgan fingerprint density at radius 2 is 1.85 bits per heavy atom. The van der Waals surface area contributed by atoms with E-state index in [4.69, 9.17) is 22.1 Å². The van der Waals surface area contributed by atoms with Gasteiger partial charge < -0.3 is 10.5 Å². The topological polar surface area (TPSA) is 35.2 Å². The molecular weight excluding hydrogens is 270 g/mol. The zero-order valence-corrected chi connectivity index (χ0v) is 12.7. The van der Waals surface area contributed by atoms with Crippen molar-refractivity contribution in [2.24, 2.45) is 5.73 Å². The Kier molecular flexibility index (Phi) is 4.69. The predicted molar refractivity (Wildman–Crippen MR) is 84.3 cm³/mol. The van der Waals surface area contributed by atoms with Crippen molar-refractivity contribution >= 4 is 11.6 Å². The first-order chi connectivity index (χ1) is 9.59. The van der Waals surface area contributed by atoms with Crippen molar-refractivity contribution in [3.8, 4) is 5.75 Å². The van der Waals surface area contributed by atoms with Crippen LogP contribution in [0, 0.1) is 0 Å². The molecule has 2 rings (SSSR count). The number of hydrogen-bond acceptors (Lipinski definition) is 2. The first kappa shape index (κ1) is 14.9. The molecule has 1 atom stereocenters. The van der Waals surface area contributed by atoms with Gasteiger partial charge in [0.25, 0.3) is 0 Å². The van der Waals surface area contributed by atoms with Crippen LogP contribution in [-0.4, -0.2) is 7.11 Å². The van der Waals surface area contributed by atoms with Gasteiger partial charge in [0, 0.05) is 16.1 Å². The highest BCUT2D eigenvalue weighted by atomic mass is 35.5. The zero-order valence-electron chi connectivity index (χ0n) is 11.9. The average Bonchev–Trinajstić information content (AvgIpc) is 2.48. The molecule has 3 heteroatoms. The summed E-state index contributed by atoms with van der Waals surface area (Å²) in [5.74, 6) is 0.787. The first-order valence-corrected chi connectivity index (χ1v) is 7.13. The molecule has 0 aliphatic heterocycles. The Labute approximate surface area is 125 Å². The van der Waals surface area contributed by atoms with Gasteiger partial charge in [0.15, 0.2) is 0 Å². The minimum Gasteiger partial charge on any atom is -0.496 e. The van der Waals surface area contributed by atoms with Crippen molar-refractivity contribution < 1.29 is 4.74 Å². The number of halogens is 1. The van der Waals surface area contributed by atoms with E-state index in [1.54, 1.807) is 7.11 Å². The summed E-state index contributed by atoms with van der Waals surface area (Å²) >= 11 is 6.13. The highest BCUT2D eigenvalue weighted by Crippen LogP contribution is 2.35. The van der Waals surface area contributed by atoms with Crippen molar-refractivity contribution in [2.45, 2.75) is 25.3 Å². The normalized spacial score (nSPS) is 13.8. The van der Waals surface area contributed by atoms with Crippen molar-refractivity contribution in [2.75, 3.05) is 7.11 Å². The van der Waals surface area contributed by atoms with Crippen LogP contribution in [-0.2, 0) is 12.0 Å². The molecule has 0 spiro atoms. The van der Waals surface area contributed by atoms with Crippen LogP contribution in [0.1, 0.15) is 24.5 Å². The van der Waals surface area contributed by atoms with E-state index in [9.17, 15) is 0 Å². The van der Waals surface area contributed by atoms with Gasteiger partial charge in [-0.2, -0.15) is 0 Å². The molecule has 0 fully saturated rings. The first-order valence-electron chi connectivity index (χ1n) is 6.76. The van der Waals surface area contributed by atoms with E-state index >= 15 is 0 Å². The lowest BCUT2D eigenvalue weighted by Crippen LogP contribution is -2.38. The molecule has 0 aliphatic rings. The van der Waals surface area contributed by atoms with E-state index in [-0.39, 0.29) is 0 Å². The summed E-state index contributed by atoms with van der Waals surface area (Å²) in [6, 6.07) is 15.9. The molecular formula is C17H20ClNO. The van der Waals surface area contributed by atoms with E-state index in [0.717, 1.165) is 24.2 Å². The van der Waals surface area contributed by atoms with Crippen LogP contribution in [0.5, 0.6) is 5.75 Å². The van der Waals surface area contributed by atoms with Crippen molar-refractivity contribution in [1.29, 1.82) is 0 Å². The molecule has 0 saturated heterocycles. The van der Waals surface area contributed by atoms with Crippen LogP contribution in [0.2, 0.25) is 5.02 Å². The van der Waals surface area contributed by atoms with Crippen LogP contribution in [0.3, 0.4) is 0 Å². The zero-order chi connectivity index (χ0) is 14.6. The molecule has 2 aromatic rings. The molecule has 0 radical (unpaired) electrons. The second-order valence-electron chi connectivity index (χ2n) is 5.02. The van der Waals surface area contributed by atoms with Crippen LogP contribution in [0.15, 0.2) is 48.5 Å². The number of benzene rings is 2. The molecule has 0 bridgehead atoms. The molecule has 1 unspecified atom stereocenters. The third kappa shape index (κ3) is 3.14. The van der Waals surface area contributed by atoms with Crippen LogP contribution >= 0.6 is 11.6 Å². The average molecular weight is 290 g/mol. The number of methoxy groups -OCH3 is 1. The van der Waals surface area contributed by atoms with Gasteiger partial charge in [-0.1, -0.05) is 48.9 Å². The summed E-state index contributed by atoms with van der Waals surface area (Å²) in [6.07, 6.45) is 1.56. The number of hydrogen-bond donors (Lipinski definition) is 1. The fourth-order valence-electron chi connectivity index (χ4n) is 2.44. The van der Waals surface area contributed by atoms with Crippen molar-refractivity contribution in [3.05, 3.63) is 64.7 Å². The largest absolute Gasteiger partial charge is 0.496 e. The third-order valence-corrected chi connectivity index (χ3v) is 3.93. The lowest BCUT2D eigenvalue weighted by Gasteiger charge is -2.30. The summed E-state index contributed by atoms with van der Waals surface area (Å²) < 4.78 is 5.45. The highest BCUT2D eigenvalue weighted by Gasteiger charge is 2.29. The number of rotatable bonds is 5. The van der Waals surface area contributed by atoms with E-state index in [1.165, 1.54) is 5.56 Å². The summed E-state index contributed by atoms with van der Waals surface area (Å²) in [4.78, 5) is 0. The Hall–Kier alpha value is -1.51. The molecule has 0 aromatic heterocycles. The number of nitrogens with two attached hydrogens (primary N) is 1. The van der Waals surface area contributed by atoms with Gasteiger partial charge in [-0.25, -0.2) is 0 Å². The Morgan fingerprint density at radius 3 is 2.45 bits per heavy atom. The van der Waals surface area contributed by atoms with E-state index < -0.39 is 5.54 Å². The standard InChI is InChI=1S/C17H20ClNO/c1-3-17(19,12-13-7-5-4-6-8-13)15-11-14(18)9-10-16(15)20-2/h4-11H,3,12,19H2,1-2H3. The van der Waals surface area contributed by atoms with Gasteiger partial charge in [-0.3, -0.25) is 0 Å². The molecule has 2 aromatic carbocycles. The Balaban J connectivity index is 2.42. The van der Waals surface area contributed by atoms with Gasteiger partial charge in [0.05, 0.1) is 7.11 Å². The van der Waals surface area contributed by atoms with Gasteiger partial charge in [-0.05, 0) is 36.6 Å².